The highest BCUT2D eigenvalue weighted by atomic mass is 16.6. The Morgan fingerprint density at radius 2 is 1.91 bits per heavy atom. The number of rotatable bonds is 3. The van der Waals surface area contributed by atoms with Crippen molar-refractivity contribution in [3.8, 4) is 5.75 Å². The SMILES string of the molecule is COc1ccc([C@@H]2CN(C(=O)OC(C)(C)C)C[C@H]2CO)cc1. The van der Waals surface area contributed by atoms with E-state index in [4.69, 9.17) is 9.47 Å². The van der Waals surface area contributed by atoms with Gasteiger partial charge in [0.2, 0.25) is 0 Å². The highest BCUT2D eigenvalue weighted by Crippen LogP contribution is 2.34. The van der Waals surface area contributed by atoms with Crippen LogP contribution in [0.4, 0.5) is 4.79 Å². The van der Waals surface area contributed by atoms with Gasteiger partial charge < -0.3 is 19.5 Å². The summed E-state index contributed by atoms with van der Waals surface area (Å²) < 4.78 is 10.6. The lowest BCUT2D eigenvalue weighted by Gasteiger charge is -2.24. The lowest BCUT2D eigenvalue weighted by Crippen LogP contribution is -2.35. The largest absolute Gasteiger partial charge is 0.497 e. The number of aliphatic hydroxyl groups is 1. The van der Waals surface area contributed by atoms with Crippen LogP contribution in [0.1, 0.15) is 32.3 Å². The third-order valence-electron chi connectivity index (χ3n) is 3.87. The van der Waals surface area contributed by atoms with Gasteiger partial charge in [0, 0.05) is 31.5 Å². The standard InChI is InChI=1S/C17H25NO4/c1-17(2,3)22-16(20)18-9-13(11-19)15(10-18)12-5-7-14(21-4)8-6-12/h5-8,13,15,19H,9-11H2,1-4H3/t13-,15-/m0/s1. The maximum absolute atomic E-state index is 12.2. The molecule has 22 heavy (non-hydrogen) atoms. The number of likely N-dealkylation sites (tertiary alicyclic amines) is 1. The van der Waals surface area contributed by atoms with Crippen LogP contribution in [0.5, 0.6) is 5.75 Å². The predicted molar refractivity (Wildman–Crippen MR) is 84.1 cm³/mol. The van der Waals surface area contributed by atoms with E-state index in [2.05, 4.69) is 0 Å². The number of aliphatic hydroxyl groups excluding tert-OH is 1. The lowest BCUT2D eigenvalue weighted by molar-refractivity contribution is 0.0283. The Hall–Kier alpha value is -1.75. The number of hydrogen-bond acceptors (Lipinski definition) is 4. The molecule has 0 aromatic heterocycles. The molecule has 1 heterocycles. The normalized spacial score (nSPS) is 21.8. The highest BCUT2D eigenvalue weighted by Gasteiger charge is 2.37. The molecule has 1 aliphatic rings. The van der Waals surface area contributed by atoms with Gasteiger partial charge in [-0.3, -0.25) is 0 Å². The zero-order valence-corrected chi connectivity index (χ0v) is 13.7. The molecule has 1 N–H and O–H groups in total. The van der Waals surface area contributed by atoms with E-state index in [1.54, 1.807) is 12.0 Å². The molecule has 5 nitrogen and oxygen atoms in total. The first kappa shape index (κ1) is 16.6. The van der Waals surface area contributed by atoms with Gasteiger partial charge in [-0.25, -0.2) is 4.79 Å². The molecule has 0 radical (unpaired) electrons. The van der Waals surface area contributed by atoms with Crippen molar-refractivity contribution >= 4 is 6.09 Å². The van der Waals surface area contributed by atoms with E-state index in [1.165, 1.54) is 0 Å². The second-order valence-corrected chi connectivity index (χ2v) is 6.71. The fraction of sp³-hybridized carbons (Fsp3) is 0.588. The minimum Gasteiger partial charge on any atom is -0.497 e. The Morgan fingerprint density at radius 1 is 1.27 bits per heavy atom. The van der Waals surface area contributed by atoms with Crippen molar-refractivity contribution in [2.24, 2.45) is 5.92 Å². The number of nitrogens with zero attached hydrogens (tertiary/aromatic N) is 1. The van der Waals surface area contributed by atoms with E-state index >= 15 is 0 Å². The van der Waals surface area contributed by atoms with Crippen molar-refractivity contribution in [3.63, 3.8) is 0 Å². The van der Waals surface area contributed by atoms with Gasteiger partial charge in [-0.2, -0.15) is 0 Å². The van der Waals surface area contributed by atoms with Crippen LogP contribution in [-0.2, 0) is 4.74 Å². The van der Waals surface area contributed by atoms with Gasteiger partial charge >= 0.3 is 6.09 Å². The Balaban J connectivity index is 2.10. The average molecular weight is 307 g/mol. The number of benzene rings is 1. The van der Waals surface area contributed by atoms with Crippen molar-refractivity contribution in [3.05, 3.63) is 29.8 Å². The molecule has 0 unspecified atom stereocenters. The van der Waals surface area contributed by atoms with Crippen molar-refractivity contribution in [1.29, 1.82) is 0 Å². The van der Waals surface area contributed by atoms with Gasteiger partial charge in [0.1, 0.15) is 11.4 Å². The van der Waals surface area contributed by atoms with Crippen LogP contribution in [0, 0.1) is 5.92 Å². The molecule has 2 atom stereocenters. The number of ether oxygens (including phenoxy) is 2. The summed E-state index contributed by atoms with van der Waals surface area (Å²) in [6, 6.07) is 7.79. The molecule has 2 rings (SSSR count). The summed E-state index contributed by atoms with van der Waals surface area (Å²) in [4.78, 5) is 13.9. The van der Waals surface area contributed by atoms with Crippen LogP contribution < -0.4 is 4.74 Å². The predicted octanol–water partition coefficient (Wildman–Crippen LogP) is 2.64. The fourth-order valence-electron chi connectivity index (χ4n) is 2.76. The molecule has 5 heteroatoms. The molecule has 1 saturated heterocycles. The number of methoxy groups -OCH3 is 1. The molecular formula is C17H25NO4. The summed E-state index contributed by atoms with van der Waals surface area (Å²) in [5.74, 6) is 0.940. The Morgan fingerprint density at radius 3 is 2.41 bits per heavy atom. The molecule has 1 amide bonds. The van der Waals surface area contributed by atoms with Gasteiger partial charge in [-0.15, -0.1) is 0 Å². The highest BCUT2D eigenvalue weighted by molar-refractivity contribution is 5.68. The number of carbonyl (C=O) groups is 1. The van der Waals surface area contributed by atoms with E-state index in [0.717, 1.165) is 11.3 Å². The molecule has 0 spiro atoms. The van der Waals surface area contributed by atoms with Crippen molar-refractivity contribution in [1.82, 2.24) is 4.90 Å². The topological polar surface area (TPSA) is 59.0 Å². The second-order valence-electron chi connectivity index (χ2n) is 6.71. The van der Waals surface area contributed by atoms with E-state index < -0.39 is 5.60 Å². The summed E-state index contributed by atoms with van der Waals surface area (Å²) >= 11 is 0. The van der Waals surface area contributed by atoms with Gasteiger partial charge in [-0.1, -0.05) is 12.1 Å². The van der Waals surface area contributed by atoms with E-state index in [-0.39, 0.29) is 24.5 Å². The zero-order chi connectivity index (χ0) is 16.3. The Bertz CT molecular complexity index is 506. The first-order valence-corrected chi connectivity index (χ1v) is 7.57. The third kappa shape index (κ3) is 3.91. The first-order valence-electron chi connectivity index (χ1n) is 7.57. The summed E-state index contributed by atoms with van der Waals surface area (Å²) in [5, 5.41) is 9.63. The van der Waals surface area contributed by atoms with Gasteiger partial charge in [0.25, 0.3) is 0 Å². The third-order valence-corrected chi connectivity index (χ3v) is 3.87. The maximum atomic E-state index is 12.2. The molecule has 1 aromatic carbocycles. The summed E-state index contributed by atoms with van der Waals surface area (Å²) in [7, 11) is 1.63. The minimum absolute atomic E-state index is 0.0286. The van der Waals surface area contributed by atoms with Crippen LogP contribution >= 0.6 is 0 Å². The quantitative estimate of drug-likeness (QED) is 0.932. The van der Waals surface area contributed by atoms with Crippen molar-refractivity contribution in [2.75, 3.05) is 26.8 Å². The summed E-state index contributed by atoms with van der Waals surface area (Å²) in [6.45, 7) is 6.69. The molecule has 122 valence electrons. The molecule has 0 saturated carbocycles. The summed E-state index contributed by atoms with van der Waals surface area (Å²) in [5.41, 5.74) is 0.593. The van der Waals surface area contributed by atoms with Crippen LogP contribution in [-0.4, -0.2) is 48.5 Å². The molecule has 1 aromatic rings. The Labute approximate surface area is 131 Å². The number of carbonyl (C=O) groups excluding carboxylic acids is 1. The monoisotopic (exact) mass is 307 g/mol. The molecule has 0 aliphatic carbocycles. The average Bonchev–Trinajstić information content (AvgIpc) is 2.90. The van der Waals surface area contributed by atoms with Gasteiger partial charge in [0.15, 0.2) is 0 Å². The van der Waals surface area contributed by atoms with Crippen LogP contribution in [0.2, 0.25) is 0 Å². The first-order chi connectivity index (χ1) is 10.3. The zero-order valence-electron chi connectivity index (χ0n) is 13.7. The Kier molecular flexibility index (Phi) is 4.96. The minimum atomic E-state index is -0.510. The van der Waals surface area contributed by atoms with Crippen LogP contribution in [0.15, 0.2) is 24.3 Å². The smallest absolute Gasteiger partial charge is 0.410 e. The maximum Gasteiger partial charge on any atom is 0.410 e. The molecule has 1 fully saturated rings. The summed E-state index contributed by atoms with van der Waals surface area (Å²) in [6.07, 6.45) is -0.318. The molecular weight excluding hydrogens is 282 g/mol. The second kappa shape index (κ2) is 6.57. The van der Waals surface area contributed by atoms with Crippen LogP contribution in [0.25, 0.3) is 0 Å². The molecule has 0 bridgehead atoms. The van der Waals surface area contributed by atoms with Crippen molar-refractivity contribution in [2.45, 2.75) is 32.3 Å². The fourth-order valence-corrected chi connectivity index (χ4v) is 2.76. The van der Waals surface area contributed by atoms with Crippen molar-refractivity contribution < 1.29 is 19.4 Å². The molecule has 1 aliphatic heterocycles. The lowest BCUT2D eigenvalue weighted by atomic mass is 9.89. The van der Waals surface area contributed by atoms with Crippen LogP contribution in [0.3, 0.4) is 0 Å². The van der Waals surface area contributed by atoms with Gasteiger partial charge in [-0.05, 0) is 38.5 Å². The van der Waals surface area contributed by atoms with Gasteiger partial charge in [0.05, 0.1) is 7.11 Å². The van der Waals surface area contributed by atoms with E-state index in [0.29, 0.717) is 13.1 Å². The number of hydrogen-bond donors (Lipinski definition) is 1. The number of amides is 1. The van der Waals surface area contributed by atoms with E-state index in [9.17, 15) is 9.90 Å². The van der Waals surface area contributed by atoms with E-state index in [1.807, 2.05) is 45.0 Å².